The van der Waals surface area contributed by atoms with Gasteiger partial charge in [0.05, 0.1) is 0 Å². The van der Waals surface area contributed by atoms with Crippen LogP contribution in [0.15, 0.2) is 64.5 Å². The Morgan fingerprint density at radius 1 is 0.955 bits per heavy atom. The van der Waals surface area contributed by atoms with Gasteiger partial charge in [0.15, 0.2) is 5.03 Å². The minimum absolute atomic E-state index is 0.707. The smallest absolute Gasteiger partial charge is 0.164 e. The average molecular weight is 311 g/mol. The molecule has 0 spiro atoms. The van der Waals surface area contributed by atoms with Crippen LogP contribution in [0, 0.1) is 0 Å². The number of hydrogen-bond acceptors (Lipinski definition) is 5. The lowest BCUT2D eigenvalue weighted by Crippen LogP contribution is -1.93. The first-order chi connectivity index (χ1) is 10.9. The second-order valence-electron chi connectivity index (χ2n) is 4.99. The van der Waals surface area contributed by atoms with Crippen LogP contribution in [0.4, 0.5) is 0 Å². The molecule has 0 amide bonds. The third kappa shape index (κ3) is 4.18. The first-order valence-corrected chi connectivity index (χ1v) is 8.27. The van der Waals surface area contributed by atoms with Crippen LogP contribution >= 0.6 is 11.8 Å². The Morgan fingerprint density at radius 2 is 1.82 bits per heavy atom. The topological polar surface area (TPSA) is 51.8 Å². The third-order valence-corrected chi connectivity index (χ3v) is 4.38. The molecule has 112 valence electrons. The summed E-state index contributed by atoms with van der Waals surface area (Å²) in [6, 6.07) is 14.5. The highest BCUT2D eigenvalue weighted by atomic mass is 32.2. The summed E-state index contributed by atoms with van der Waals surface area (Å²) in [6.07, 6.45) is 6.51. The summed E-state index contributed by atoms with van der Waals surface area (Å²) in [4.78, 5) is 4.12. The predicted molar refractivity (Wildman–Crippen MR) is 86.8 cm³/mol. The van der Waals surface area contributed by atoms with Gasteiger partial charge in [-0.25, -0.2) is 4.63 Å². The molecule has 3 rings (SSSR count). The summed E-state index contributed by atoms with van der Waals surface area (Å²) in [5, 5.41) is 8.91. The molecule has 0 saturated carbocycles. The van der Waals surface area contributed by atoms with Gasteiger partial charge in [0.25, 0.3) is 0 Å². The van der Waals surface area contributed by atoms with Crippen molar-refractivity contribution in [2.75, 3.05) is 5.75 Å². The van der Waals surface area contributed by atoms with E-state index in [1.807, 2.05) is 24.4 Å². The van der Waals surface area contributed by atoms with Crippen LogP contribution in [0.2, 0.25) is 0 Å². The van der Waals surface area contributed by atoms with Gasteiger partial charge in [-0.15, -0.1) is 11.8 Å². The molecule has 2 heterocycles. The Balaban J connectivity index is 1.50. The molecule has 0 fully saturated rings. The molecule has 0 aliphatic carbocycles. The quantitative estimate of drug-likeness (QED) is 0.491. The van der Waals surface area contributed by atoms with Crippen molar-refractivity contribution in [3.05, 3.63) is 71.7 Å². The molecule has 0 atom stereocenters. The molecule has 1 aromatic carbocycles. The van der Waals surface area contributed by atoms with Crippen LogP contribution in [-0.4, -0.2) is 21.1 Å². The average Bonchev–Trinajstić information content (AvgIpc) is 3.01. The standard InChI is InChI=1S/C17H17N3OS/c1-2-6-14(7-3-1)9-5-11-22-17-16(19-21-20-17)12-15-8-4-10-18-13-15/h1-4,6-8,10,13H,5,9,11-12H2. The Kier molecular flexibility index (Phi) is 5.21. The lowest BCUT2D eigenvalue weighted by molar-refractivity contribution is 0.296. The Bertz CT molecular complexity index is 685. The number of aromatic nitrogens is 3. The molecule has 22 heavy (non-hydrogen) atoms. The maximum absolute atomic E-state index is 4.89. The normalized spacial score (nSPS) is 10.7. The minimum Gasteiger partial charge on any atom is -0.264 e. The summed E-state index contributed by atoms with van der Waals surface area (Å²) in [5.74, 6) is 1.00. The van der Waals surface area contributed by atoms with E-state index in [1.54, 1.807) is 18.0 Å². The SMILES string of the molecule is c1ccc(CCCSc2nonc2Cc2cccnc2)cc1. The summed E-state index contributed by atoms with van der Waals surface area (Å²) < 4.78 is 4.89. The number of benzene rings is 1. The van der Waals surface area contributed by atoms with Gasteiger partial charge in [-0.1, -0.05) is 41.6 Å². The Morgan fingerprint density at radius 3 is 2.64 bits per heavy atom. The lowest BCUT2D eigenvalue weighted by Gasteiger charge is -2.01. The number of aryl methyl sites for hydroxylation is 1. The zero-order valence-electron chi connectivity index (χ0n) is 12.2. The summed E-state index contributed by atoms with van der Waals surface area (Å²) in [5.41, 5.74) is 3.37. The number of nitrogens with zero attached hydrogens (tertiary/aromatic N) is 3. The van der Waals surface area contributed by atoms with Gasteiger partial charge in [0.1, 0.15) is 5.69 Å². The Hall–Kier alpha value is -2.14. The molecule has 0 N–H and O–H groups in total. The van der Waals surface area contributed by atoms with E-state index in [0.29, 0.717) is 6.42 Å². The van der Waals surface area contributed by atoms with Gasteiger partial charge >= 0.3 is 0 Å². The first-order valence-electron chi connectivity index (χ1n) is 7.29. The van der Waals surface area contributed by atoms with Crippen molar-refractivity contribution in [1.29, 1.82) is 0 Å². The number of pyridine rings is 1. The predicted octanol–water partition coefficient (Wildman–Crippen LogP) is 3.78. The second-order valence-corrected chi connectivity index (χ2v) is 6.08. The van der Waals surface area contributed by atoms with E-state index >= 15 is 0 Å². The fraction of sp³-hybridized carbons (Fsp3) is 0.235. The van der Waals surface area contributed by atoms with E-state index in [0.717, 1.165) is 34.9 Å². The highest BCUT2D eigenvalue weighted by Crippen LogP contribution is 2.22. The second kappa shape index (κ2) is 7.75. The van der Waals surface area contributed by atoms with E-state index in [2.05, 4.69) is 39.6 Å². The molecule has 0 aliphatic rings. The molecule has 0 saturated heterocycles. The van der Waals surface area contributed by atoms with E-state index in [-0.39, 0.29) is 0 Å². The summed E-state index contributed by atoms with van der Waals surface area (Å²) in [6.45, 7) is 0. The zero-order valence-corrected chi connectivity index (χ0v) is 13.0. The number of hydrogen-bond donors (Lipinski definition) is 0. The number of thioether (sulfide) groups is 1. The molecule has 2 aromatic heterocycles. The van der Waals surface area contributed by atoms with Gasteiger partial charge in [0, 0.05) is 18.8 Å². The van der Waals surface area contributed by atoms with E-state index in [9.17, 15) is 0 Å². The van der Waals surface area contributed by atoms with Crippen molar-refractivity contribution < 1.29 is 4.63 Å². The summed E-state index contributed by atoms with van der Waals surface area (Å²) >= 11 is 1.70. The van der Waals surface area contributed by atoms with Crippen LogP contribution < -0.4 is 0 Å². The van der Waals surface area contributed by atoms with Crippen LogP contribution in [0.5, 0.6) is 0 Å². The van der Waals surface area contributed by atoms with Crippen molar-refractivity contribution in [2.45, 2.75) is 24.3 Å². The monoisotopic (exact) mass is 311 g/mol. The van der Waals surface area contributed by atoms with Crippen LogP contribution in [0.3, 0.4) is 0 Å². The van der Waals surface area contributed by atoms with Crippen molar-refractivity contribution in [3.63, 3.8) is 0 Å². The molecule has 0 aliphatic heterocycles. The molecular weight excluding hydrogens is 294 g/mol. The maximum Gasteiger partial charge on any atom is 0.164 e. The third-order valence-electron chi connectivity index (χ3n) is 3.31. The highest BCUT2D eigenvalue weighted by molar-refractivity contribution is 7.99. The minimum atomic E-state index is 0.707. The van der Waals surface area contributed by atoms with Gasteiger partial charge in [0.2, 0.25) is 0 Å². The van der Waals surface area contributed by atoms with E-state index in [1.165, 1.54) is 5.56 Å². The Labute approximate surface area is 133 Å². The molecule has 0 unspecified atom stereocenters. The van der Waals surface area contributed by atoms with Crippen LogP contribution in [0.1, 0.15) is 23.2 Å². The van der Waals surface area contributed by atoms with Crippen LogP contribution in [-0.2, 0) is 12.8 Å². The van der Waals surface area contributed by atoms with Crippen molar-refractivity contribution in [2.24, 2.45) is 0 Å². The maximum atomic E-state index is 4.89. The fourth-order valence-corrected chi connectivity index (χ4v) is 3.05. The van der Waals surface area contributed by atoms with Gasteiger partial charge in [-0.3, -0.25) is 4.98 Å². The molecule has 5 heteroatoms. The van der Waals surface area contributed by atoms with Crippen molar-refractivity contribution >= 4 is 11.8 Å². The molecule has 4 nitrogen and oxygen atoms in total. The first kappa shape index (κ1) is 14.8. The van der Waals surface area contributed by atoms with Crippen molar-refractivity contribution in [3.8, 4) is 0 Å². The van der Waals surface area contributed by atoms with Crippen LogP contribution in [0.25, 0.3) is 0 Å². The highest BCUT2D eigenvalue weighted by Gasteiger charge is 2.11. The molecular formula is C17H17N3OS. The van der Waals surface area contributed by atoms with Crippen molar-refractivity contribution in [1.82, 2.24) is 15.3 Å². The zero-order chi connectivity index (χ0) is 15.0. The molecule has 3 aromatic rings. The van der Waals surface area contributed by atoms with Gasteiger partial charge < -0.3 is 0 Å². The van der Waals surface area contributed by atoms with Gasteiger partial charge in [-0.05, 0) is 40.9 Å². The largest absolute Gasteiger partial charge is 0.264 e. The lowest BCUT2D eigenvalue weighted by atomic mass is 10.1. The molecule has 0 bridgehead atoms. The fourth-order valence-electron chi connectivity index (χ4n) is 2.20. The van der Waals surface area contributed by atoms with E-state index < -0.39 is 0 Å². The van der Waals surface area contributed by atoms with E-state index in [4.69, 9.17) is 4.63 Å². The molecule has 0 radical (unpaired) electrons. The summed E-state index contributed by atoms with van der Waals surface area (Å²) in [7, 11) is 0. The number of rotatable bonds is 7. The van der Waals surface area contributed by atoms with Gasteiger partial charge in [-0.2, -0.15) is 0 Å².